The third-order valence-electron chi connectivity index (χ3n) is 4.34. The summed E-state index contributed by atoms with van der Waals surface area (Å²) in [6, 6.07) is 6.83. The summed E-state index contributed by atoms with van der Waals surface area (Å²) in [6.07, 6.45) is 2.22. The van der Waals surface area contributed by atoms with E-state index in [1.165, 1.54) is 27.2 Å². The van der Waals surface area contributed by atoms with Gasteiger partial charge in [-0.05, 0) is 23.6 Å². The van der Waals surface area contributed by atoms with E-state index in [2.05, 4.69) is 10.3 Å². The van der Waals surface area contributed by atoms with Gasteiger partial charge in [0, 0.05) is 31.1 Å². The second-order valence-electron chi connectivity index (χ2n) is 6.13. The van der Waals surface area contributed by atoms with Crippen molar-refractivity contribution in [1.29, 1.82) is 0 Å². The molecule has 2 amide bonds. The fourth-order valence-corrected chi connectivity index (χ4v) is 4.56. The van der Waals surface area contributed by atoms with Gasteiger partial charge in [-0.3, -0.25) is 19.7 Å². The molecule has 1 aliphatic rings. The molecule has 0 saturated heterocycles. The van der Waals surface area contributed by atoms with E-state index < -0.39 is 0 Å². The van der Waals surface area contributed by atoms with Gasteiger partial charge in [0.1, 0.15) is 5.56 Å². The largest absolute Gasteiger partial charge is 0.333 e. The fraction of sp³-hybridized carbons (Fsp3) is 0.222. The first kappa shape index (κ1) is 17.6. The van der Waals surface area contributed by atoms with Crippen LogP contribution in [0.25, 0.3) is 0 Å². The number of fused-ring (bicyclic) bond motifs is 1. The average molecular weight is 400 g/mol. The van der Waals surface area contributed by atoms with Gasteiger partial charge in [0.05, 0.1) is 17.1 Å². The van der Waals surface area contributed by atoms with Gasteiger partial charge in [-0.15, -0.1) is 11.3 Å². The number of anilines is 1. The molecule has 0 bridgehead atoms. The van der Waals surface area contributed by atoms with E-state index in [-0.39, 0.29) is 22.9 Å². The van der Waals surface area contributed by atoms with E-state index >= 15 is 0 Å². The van der Waals surface area contributed by atoms with Gasteiger partial charge in [-0.25, -0.2) is 4.98 Å². The summed E-state index contributed by atoms with van der Waals surface area (Å²) in [5, 5.41) is 5.19. The van der Waals surface area contributed by atoms with Crippen LogP contribution >= 0.6 is 22.7 Å². The van der Waals surface area contributed by atoms with E-state index in [9.17, 15) is 14.4 Å². The summed E-state index contributed by atoms with van der Waals surface area (Å²) in [5.41, 5.74) is 0.757. The molecular weight excluding hydrogens is 384 g/mol. The highest BCUT2D eigenvalue weighted by Crippen LogP contribution is 2.29. The summed E-state index contributed by atoms with van der Waals surface area (Å²) in [5.74, 6) is -0.462. The standard InChI is InChI=1S/C18H16N4O3S2/c1-21-7-2-4-11(16(21)24)17(25)22-8-6-12-14(10-22)27-18(19-12)20-15(23)13-5-3-9-26-13/h2-5,7,9H,6,8,10H2,1H3,(H,19,20,23). The summed E-state index contributed by atoms with van der Waals surface area (Å²) >= 11 is 2.74. The van der Waals surface area contributed by atoms with Crippen LogP contribution in [-0.2, 0) is 20.0 Å². The molecule has 0 saturated carbocycles. The quantitative estimate of drug-likeness (QED) is 0.731. The topological polar surface area (TPSA) is 84.3 Å². The number of hydrogen-bond donors (Lipinski definition) is 1. The molecule has 0 spiro atoms. The molecule has 1 N–H and O–H groups in total. The van der Waals surface area contributed by atoms with E-state index in [0.717, 1.165) is 10.6 Å². The van der Waals surface area contributed by atoms with Crippen LogP contribution in [0.15, 0.2) is 40.6 Å². The van der Waals surface area contributed by atoms with E-state index in [4.69, 9.17) is 0 Å². The molecule has 27 heavy (non-hydrogen) atoms. The third kappa shape index (κ3) is 3.43. The van der Waals surface area contributed by atoms with Crippen molar-refractivity contribution in [2.45, 2.75) is 13.0 Å². The average Bonchev–Trinajstić information content (AvgIpc) is 3.32. The summed E-state index contributed by atoms with van der Waals surface area (Å²) in [6.45, 7) is 0.880. The Morgan fingerprint density at radius 2 is 2.11 bits per heavy atom. The highest BCUT2D eigenvalue weighted by Gasteiger charge is 2.26. The lowest BCUT2D eigenvalue weighted by atomic mass is 10.1. The van der Waals surface area contributed by atoms with Crippen molar-refractivity contribution in [1.82, 2.24) is 14.5 Å². The molecule has 0 aliphatic carbocycles. The summed E-state index contributed by atoms with van der Waals surface area (Å²) < 4.78 is 1.40. The van der Waals surface area contributed by atoms with Crippen LogP contribution < -0.4 is 10.9 Å². The molecule has 0 aromatic carbocycles. The molecule has 0 fully saturated rings. The van der Waals surface area contributed by atoms with Crippen LogP contribution in [0.1, 0.15) is 30.6 Å². The number of amides is 2. The molecule has 4 rings (SSSR count). The van der Waals surface area contributed by atoms with Crippen LogP contribution in [0, 0.1) is 0 Å². The zero-order chi connectivity index (χ0) is 19.0. The van der Waals surface area contributed by atoms with Gasteiger partial charge >= 0.3 is 0 Å². The van der Waals surface area contributed by atoms with Crippen LogP contribution in [0.3, 0.4) is 0 Å². The Kier molecular flexibility index (Phi) is 4.63. The van der Waals surface area contributed by atoms with Gasteiger partial charge < -0.3 is 9.47 Å². The third-order valence-corrected chi connectivity index (χ3v) is 6.20. The lowest BCUT2D eigenvalue weighted by Gasteiger charge is -2.25. The SMILES string of the molecule is Cn1cccc(C(=O)N2CCc3nc(NC(=O)c4cccs4)sc3C2)c1=O. The number of nitrogens with zero attached hydrogens (tertiary/aromatic N) is 3. The molecule has 3 aromatic heterocycles. The van der Waals surface area contributed by atoms with Gasteiger partial charge in [0.25, 0.3) is 17.4 Å². The van der Waals surface area contributed by atoms with Crippen molar-refractivity contribution < 1.29 is 9.59 Å². The van der Waals surface area contributed by atoms with Crippen molar-refractivity contribution in [3.8, 4) is 0 Å². The van der Waals surface area contributed by atoms with Crippen LogP contribution in [-0.4, -0.2) is 32.8 Å². The minimum absolute atomic E-state index is 0.166. The second-order valence-corrected chi connectivity index (χ2v) is 8.17. The maximum absolute atomic E-state index is 12.8. The van der Waals surface area contributed by atoms with Crippen molar-refractivity contribution in [2.24, 2.45) is 7.05 Å². The van der Waals surface area contributed by atoms with Crippen molar-refractivity contribution in [2.75, 3.05) is 11.9 Å². The Bertz CT molecular complexity index is 1070. The number of aryl methyl sites for hydroxylation is 1. The maximum atomic E-state index is 12.8. The van der Waals surface area contributed by atoms with Crippen molar-refractivity contribution in [3.05, 3.63) is 67.2 Å². The van der Waals surface area contributed by atoms with E-state index in [0.29, 0.717) is 29.5 Å². The Labute approximate surface area is 162 Å². The zero-order valence-electron chi connectivity index (χ0n) is 14.5. The highest BCUT2D eigenvalue weighted by molar-refractivity contribution is 7.16. The predicted molar refractivity (Wildman–Crippen MR) is 105 cm³/mol. The highest BCUT2D eigenvalue weighted by atomic mass is 32.1. The molecule has 0 atom stereocenters. The Balaban J connectivity index is 1.51. The number of pyridine rings is 1. The Hall–Kier alpha value is -2.78. The number of rotatable bonds is 3. The van der Waals surface area contributed by atoms with E-state index in [1.807, 2.05) is 11.4 Å². The van der Waals surface area contributed by atoms with Crippen LogP contribution in [0.4, 0.5) is 5.13 Å². The van der Waals surface area contributed by atoms with Crippen molar-refractivity contribution in [3.63, 3.8) is 0 Å². The molecule has 0 unspecified atom stereocenters. The summed E-state index contributed by atoms with van der Waals surface area (Å²) in [7, 11) is 1.62. The molecule has 3 aromatic rings. The number of carbonyl (C=O) groups excluding carboxylic acids is 2. The van der Waals surface area contributed by atoms with Crippen molar-refractivity contribution >= 4 is 39.6 Å². The minimum atomic E-state index is -0.304. The number of aromatic nitrogens is 2. The molecule has 7 nitrogen and oxygen atoms in total. The molecule has 4 heterocycles. The Morgan fingerprint density at radius 1 is 1.26 bits per heavy atom. The molecule has 0 radical (unpaired) electrons. The lowest BCUT2D eigenvalue weighted by Crippen LogP contribution is -2.39. The van der Waals surface area contributed by atoms with Crippen LogP contribution in [0.5, 0.6) is 0 Å². The molecular formula is C18H16N4O3S2. The number of thiazole rings is 1. The number of thiophene rings is 1. The second kappa shape index (κ2) is 7.09. The predicted octanol–water partition coefficient (Wildman–Crippen LogP) is 2.35. The number of hydrogen-bond acceptors (Lipinski definition) is 6. The zero-order valence-corrected chi connectivity index (χ0v) is 16.1. The fourth-order valence-electron chi connectivity index (χ4n) is 2.92. The molecule has 1 aliphatic heterocycles. The minimum Gasteiger partial charge on any atom is -0.333 e. The molecule has 138 valence electrons. The number of nitrogens with one attached hydrogen (secondary N) is 1. The first-order valence-corrected chi connectivity index (χ1v) is 10.0. The Morgan fingerprint density at radius 3 is 2.89 bits per heavy atom. The van der Waals surface area contributed by atoms with Gasteiger partial charge in [0.2, 0.25) is 0 Å². The summed E-state index contributed by atoms with van der Waals surface area (Å²) in [4.78, 5) is 44.8. The van der Waals surface area contributed by atoms with Gasteiger partial charge in [-0.2, -0.15) is 0 Å². The molecule has 9 heteroatoms. The number of carbonyl (C=O) groups is 2. The first-order valence-electron chi connectivity index (χ1n) is 8.31. The van der Waals surface area contributed by atoms with Gasteiger partial charge in [-0.1, -0.05) is 17.4 Å². The van der Waals surface area contributed by atoms with Gasteiger partial charge in [0.15, 0.2) is 5.13 Å². The van der Waals surface area contributed by atoms with E-state index in [1.54, 1.807) is 36.3 Å². The van der Waals surface area contributed by atoms with Crippen LogP contribution in [0.2, 0.25) is 0 Å². The normalized spacial score (nSPS) is 13.3. The maximum Gasteiger partial charge on any atom is 0.267 e. The monoisotopic (exact) mass is 400 g/mol. The first-order chi connectivity index (χ1) is 13.0. The smallest absolute Gasteiger partial charge is 0.267 e. The lowest BCUT2D eigenvalue weighted by molar-refractivity contribution is 0.0733.